The fraction of sp³-hybridized carbons (Fsp3) is 0.500. The maximum atomic E-state index is 12.8. The molecule has 0 aromatic heterocycles. The van der Waals surface area contributed by atoms with E-state index in [1.165, 1.54) is 24.1 Å². The standard InChI is InChI=1S/C19H21NO6.C5H12O/c1-3-26-19(25)12-8-9-15(18(23)24)16(10-12)20(2)17(22)14-7-5-4-6-13(14)11-21;1-3-5(6)4-2/h4-8,11,15-16H,3,9-10H2,1-2H3,(H,23,24);5-6H,3-4H2,1-2H3/t15-,16-;/m0./s1. The second-order valence-corrected chi connectivity index (χ2v) is 7.49. The number of allylic oxidation sites excluding steroid dienone is 1. The third-order valence-electron chi connectivity index (χ3n) is 5.44. The average molecular weight is 448 g/mol. The van der Waals surface area contributed by atoms with Gasteiger partial charge in [-0.25, -0.2) is 4.79 Å². The van der Waals surface area contributed by atoms with E-state index < -0.39 is 29.8 Å². The van der Waals surface area contributed by atoms with E-state index in [0.717, 1.165) is 12.8 Å². The highest BCUT2D eigenvalue weighted by molar-refractivity contribution is 6.01. The van der Waals surface area contributed by atoms with Gasteiger partial charge in [0.05, 0.1) is 24.2 Å². The Bertz CT molecular complexity index is 829. The number of amides is 1. The van der Waals surface area contributed by atoms with Crippen LogP contribution in [0.25, 0.3) is 0 Å². The van der Waals surface area contributed by atoms with Crippen LogP contribution in [0.15, 0.2) is 35.9 Å². The summed E-state index contributed by atoms with van der Waals surface area (Å²) in [6, 6.07) is 5.59. The van der Waals surface area contributed by atoms with Crippen LogP contribution in [0.4, 0.5) is 0 Å². The summed E-state index contributed by atoms with van der Waals surface area (Å²) in [5, 5.41) is 18.2. The van der Waals surface area contributed by atoms with E-state index >= 15 is 0 Å². The number of rotatable bonds is 8. The topological polar surface area (TPSA) is 121 Å². The van der Waals surface area contributed by atoms with Crippen molar-refractivity contribution in [1.29, 1.82) is 0 Å². The molecule has 0 bridgehead atoms. The zero-order valence-electron chi connectivity index (χ0n) is 19.1. The Kier molecular flexibility index (Phi) is 11.3. The molecule has 0 radical (unpaired) electrons. The fourth-order valence-electron chi connectivity index (χ4n) is 3.36. The van der Waals surface area contributed by atoms with Crippen LogP contribution in [0, 0.1) is 5.92 Å². The first-order valence-corrected chi connectivity index (χ1v) is 10.8. The molecule has 1 aromatic carbocycles. The molecule has 0 heterocycles. The third kappa shape index (κ3) is 7.30. The summed E-state index contributed by atoms with van der Waals surface area (Å²) < 4.78 is 4.98. The first-order chi connectivity index (χ1) is 15.2. The van der Waals surface area contributed by atoms with Gasteiger partial charge in [0.2, 0.25) is 0 Å². The number of ether oxygens (including phenoxy) is 1. The van der Waals surface area contributed by atoms with Gasteiger partial charge in [-0.15, -0.1) is 0 Å². The molecule has 32 heavy (non-hydrogen) atoms. The van der Waals surface area contributed by atoms with Crippen LogP contribution in [0.1, 0.15) is 67.2 Å². The molecule has 176 valence electrons. The number of nitrogens with zero attached hydrogens (tertiary/aromatic N) is 1. The maximum Gasteiger partial charge on any atom is 0.333 e. The van der Waals surface area contributed by atoms with Crippen molar-refractivity contribution in [3.8, 4) is 0 Å². The highest BCUT2D eigenvalue weighted by Crippen LogP contribution is 2.30. The largest absolute Gasteiger partial charge is 0.481 e. The van der Waals surface area contributed by atoms with Gasteiger partial charge in [0.1, 0.15) is 0 Å². The monoisotopic (exact) mass is 447 g/mol. The van der Waals surface area contributed by atoms with Gasteiger partial charge in [-0.3, -0.25) is 14.4 Å². The summed E-state index contributed by atoms with van der Waals surface area (Å²) >= 11 is 0. The van der Waals surface area contributed by atoms with Gasteiger partial charge in [-0.2, -0.15) is 0 Å². The molecule has 0 unspecified atom stereocenters. The molecule has 1 amide bonds. The number of hydrogen-bond donors (Lipinski definition) is 2. The van der Waals surface area contributed by atoms with Gasteiger partial charge in [0.25, 0.3) is 5.91 Å². The third-order valence-corrected chi connectivity index (χ3v) is 5.44. The number of hydrogen-bond acceptors (Lipinski definition) is 6. The molecule has 1 aromatic rings. The number of carbonyl (C=O) groups is 4. The number of benzene rings is 1. The quantitative estimate of drug-likeness (QED) is 0.464. The van der Waals surface area contributed by atoms with Gasteiger partial charge < -0.3 is 19.8 Å². The van der Waals surface area contributed by atoms with Crippen LogP contribution < -0.4 is 0 Å². The molecule has 1 aliphatic rings. The van der Waals surface area contributed by atoms with Crippen molar-refractivity contribution in [2.45, 2.75) is 58.6 Å². The zero-order valence-corrected chi connectivity index (χ0v) is 19.1. The minimum absolute atomic E-state index is 0.0648. The van der Waals surface area contributed by atoms with Gasteiger partial charge in [-0.05, 0) is 32.3 Å². The summed E-state index contributed by atoms with van der Waals surface area (Å²) in [6.45, 7) is 5.86. The Morgan fingerprint density at radius 3 is 2.31 bits per heavy atom. The molecule has 8 nitrogen and oxygen atoms in total. The van der Waals surface area contributed by atoms with Crippen molar-refractivity contribution in [1.82, 2.24) is 4.90 Å². The SMILES string of the molecule is CCC(O)CC.CCOC(=O)C1=CC[C@H](C(=O)O)[C@@H](N(C)C(=O)c2ccccc2C=O)C1. The van der Waals surface area contributed by atoms with Crippen molar-refractivity contribution in [2.75, 3.05) is 13.7 Å². The number of carboxylic acids is 1. The lowest BCUT2D eigenvalue weighted by molar-refractivity contribution is -0.145. The predicted octanol–water partition coefficient (Wildman–Crippen LogP) is 3.09. The van der Waals surface area contributed by atoms with E-state index in [1.54, 1.807) is 25.1 Å². The summed E-state index contributed by atoms with van der Waals surface area (Å²) in [6.07, 6.45) is 4.06. The second kappa shape index (κ2) is 13.4. The van der Waals surface area contributed by atoms with Crippen molar-refractivity contribution in [3.63, 3.8) is 0 Å². The van der Waals surface area contributed by atoms with Gasteiger partial charge >= 0.3 is 11.9 Å². The molecule has 8 heteroatoms. The van der Waals surface area contributed by atoms with Crippen molar-refractivity contribution in [3.05, 3.63) is 47.0 Å². The predicted molar refractivity (Wildman–Crippen MR) is 119 cm³/mol. The maximum absolute atomic E-state index is 12.8. The van der Waals surface area contributed by atoms with E-state index in [2.05, 4.69) is 0 Å². The van der Waals surface area contributed by atoms with E-state index in [4.69, 9.17) is 9.84 Å². The lowest BCUT2D eigenvalue weighted by atomic mass is 9.83. The van der Waals surface area contributed by atoms with Crippen LogP contribution in [0.2, 0.25) is 0 Å². The lowest BCUT2D eigenvalue weighted by Crippen LogP contribution is -2.47. The van der Waals surface area contributed by atoms with Crippen LogP contribution >= 0.6 is 0 Å². The van der Waals surface area contributed by atoms with E-state index in [9.17, 15) is 24.3 Å². The number of aldehydes is 1. The molecular weight excluding hydrogens is 414 g/mol. The van der Waals surface area contributed by atoms with Crippen molar-refractivity contribution in [2.24, 2.45) is 5.92 Å². The lowest BCUT2D eigenvalue weighted by Gasteiger charge is -2.35. The molecule has 0 aliphatic heterocycles. The van der Waals surface area contributed by atoms with Crippen molar-refractivity contribution >= 4 is 24.1 Å². The number of aliphatic hydroxyl groups is 1. The van der Waals surface area contributed by atoms with Crippen LogP contribution in [-0.2, 0) is 14.3 Å². The molecule has 0 saturated carbocycles. The minimum atomic E-state index is -1.04. The summed E-state index contributed by atoms with van der Waals surface area (Å²) in [5.74, 6) is -2.85. The molecule has 2 atom stereocenters. The summed E-state index contributed by atoms with van der Waals surface area (Å²) in [7, 11) is 1.48. The molecule has 1 aliphatic carbocycles. The van der Waals surface area contributed by atoms with Gasteiger partial charge in [0.15, 0.2) is 6.29 Å². The average Bonchev–Trinajstić information content (AvgIpc) is 2.82. The molecule has 0 spiro atoms. The fourth-order valence-corrected chi connectivity index (χ4v) is 3.36. The highest BCUT2D eigenvalue weighted by atomic mass is 16.5. The van der Waals surface area contributed by atoms with E-state index in [0.29, 0.717) is 11.9 Å². The van der Waals surface area contributed by atoms with Gasteiger partial charge in [-0.1, -0.05) is 38.1 Å². The Balaban J connectivity index is 0.000000751. The normalized spacial score (nSPS) is 17.5. The number of aliphatic hydroxyl groups excluding tert-OH is 1. The molecule has 2 N–H and O–H groups in total. The second-order valence-electron chi connectivity index (χ2n) is 7.49. The molecular formula is C24H33NO7. The van der Waals surface area contributed by atoms with Crippen LogP contribution in [0.5, 0.6) is 0 Å². The first-order valence-electron chi connectivity index (χ1n) is 10.8. The minimum Gasteiger partial charge on any atom is -0.481 e. The van der Waals surface area contributed by atoms with Crippen molar-refractivity contribution < 1.29 is 34.1 Å². The number of esters is 1. The first kappa shape index (κ1) is 27.0. The Hall–Kier alpha value is -3.00. The Morgan fingerprint density at radius 1 is 1.19 bits per heavy atom. The summed E-state index contributed by atoms with van der Waals surface area (Å²) in [4.78, 5) is 48.9. The van der Waals surface area contributed by atoms with Crippen LogP contribution in [-0.4, -0.2) is 65.0 Å². The number of carboxylic acid groups (broad SMARTS) is 1. The van der Waals surface area contributed by atoms with E-state index in [1.807, 2.05) is 13.8 Å². The van der Waals surface area contributed by atoms with Crippen LogP contribution in [0.3, 0.4) is 0 Å². The zero-order chi connectivity index (χ0) is 24.3. The molecule has 0 fully saturated rings. The van der Waals surface area contributed by atoms with E-state index in [-0.39, 0.29) is 36.7 Å². The smallest absolute Gasteiger partial charge is 0.333 e. The Morgan fingerprint density at radius 2 is 1.81 bits per heavy atom. The van der Waals surface area contributed by atoms with Gasteiger partial charge in [0, 0.05) is 30.6 Å². The highest BCUT2D eigenvalue weighted by Gasteiger charge is 2.38. The molecule has 0 saturated heterocycles. The summed E-state index contributed by atoms with van der Waals surface area (Å²) in [5.41, 5.74) is 0.784. The number of carbonyl (C=O) groups excluding carboxylic acids is 3. The number of aliphatic carboxylic acids is 1. The molecule has 2 rings (SSSR count). The Labute approximate surface area is 188 Å².